The van der Waals surface area contributed by atoms with Gasteiger partial charge in [0.2, 0.25) is 5.91 Å². The third kappa shape index (κ3) is 4.04. The number of hydrogen-bond donors (Lipinski definition) is 1. The van der Waals surface area contributed by atoms with Crippen LogP contribution in [0, 0.1) is 6.92 Å². The van der Waals surface area contributed by atoms with Gasteiger partial charge < -0.3 is 10.1 Å². The first-order chi connectivity index (χ1) is 11.7. The molecule has 1 aliphatic heterocycles. The molecule has 126 valence electrons. The summed E-state index contributed by atoms with van der Waals surface area (Å²) in [5.41, 5.74) is 3.53. The zero-order valence-electron chi connectivity index (χ0n) is 14.3. The summed E-state index contributed by atoms with van der Waals surface area (Å²) in [5, 5.41) is 3.17. The highest BCUT2D eigenvalue weighted by molar-refractivity contribution is 5.78. The quantitative estimate of drug-likeness (QED) is 0.916. The van der Waals surface area contributed by atoms with Gasteiger partial charge in [-0.15, -0.1) is 0 Å². The van der Waals surface area contributed by atoms with E-state index in [2.05, 4.69) is 35.6 Å². The molecule has 1 fully saturated rings. The fourth-order valence-electron chi connectivity index (χ4n) is 3.46. The van der Waals surface area contributed by atoms with E-state index in [1.54, 1.807) is 0 Å². The Morgan fingerprint density at radius 2 is 1.83 bits per heavy atom. The van der Waals surface area contributed by atoms with Gasteiger partial charge in [-0.2, -0.15) is 0 Å². The lowest BCUT2D eigenvalue weighted by Gasteiger charge is -2.38. The topological polar surface area (TPSA) is 38.3 Å². The summed E-state index contributed by atoms with van der Waals surface area (Å²) >= 11 is 0. The van der Waals surface area contributed by atoms with Gasteiger partial charge in [-0.05, 0) is 30.9 Å². The van der Waals surface area contributed by atoms with Crippen LogP contribution in [0.2, 0.25) is 0 Å². The maximum atomic E-state index is 12.4. The van der Waals surface area contributed by atoms with Crippen LogP contribution >= 0.6 is 0 Å². The van der Waals surface area contributed by atoms with Gasteiger partial charge in [0.1, 0.15) is 0 Å². The maximum Gasteiger partial charge on any atom is 0.224 e. The summed E-state index contributed by atoms with van der Waals surface area (Å²) in [6.07, 6.45) is 2.33. The number of aryl methyl sites for hydroxylation is 1. The van der Waals surface area contributed by atoms with Crippen molar-refractivity contribution in [1.82, 2.24) is 5.32 Å². The first-order valence-electron chi connectivity index (χ1n) is 8.63. The highest BCUT2D eigenvalue weighted by Gasteiger charge is 2.34. The molecular weight excluding hydrogens is 298 g/mol. The summed E-state index contributed by atoms with van der Waals surface area (Å²) < 4.78 is 5.55. The largest absolute Gasteiger partial charge is 0.381 e. The molecule has 0 aliphatic carbocycles. The molecule has 0 bridgehead atoms. The monoisotopic (exact) mass is 323 g/mol. The molecule has 1 amide bonds. The van der Waals surface area contributed by atoms with E-state index >= 15 is 0 Å². The molecule has 1 saturated heterocycles. The van der Waals surface area contributed by atoms with Crippen LogP contribution in [0.25, 0.3) is 0 Å². The van der Waals surface area contributed by atoms with Crippen LogP contribution < -0.4 is 5.32 Å². The summed E-state index contributed by atoms with van der Waals surface area (Å²) in [7, 11) is 0. The lowest BCUT2D eigenvalue weighted by atomic mass is 9.74. The minimum absolute atomic E-state index is 0.0121. The Morgan fingerprint density at radius 1 is 1.08 bits per heavy atom. The van der Waals surface area contributed by atoms with Crippen LogP contribution in [0.4, 0.5) is 0 Å². The molecular formula is C21H25NO2. The van der Waals surface area contributed by atoms with E-state index < -0.39 is 0 Å². The van der Waals surface area contributed by atoms with Crippen molar-refractivity contribution in [2.45, 2.75) is 31.6 Å². The first kappa shape index (κ1) is 16.7. The van der Waals surface area contributed by atoms with Crippen molar-refractivity contribution in [1.29, 1.82) is 0 Å². The van der Waals surface area contributed by atoms with E-state index in [1.165, 1.54) is 11.1 Å². The van der Waals surface area contributed by atoms with E-state index in [9.17, 15) is 4.79 Å². The predicted octanol–water partition coefficient (Wildman–Crippen LogP) is 3.40. The Balaban J connectivity index is 1.66. The highest BCUT2D eigenvalue weighted by atomic mass is 16.5. The predicted molar refractivity (Wildman–Crippen MR) is 96.1 cm³/mol. The lowest BCUT2D eigenvalue weighted by Crippen LogP contribution is -2.45. The Hall–Kier alpha value is -2.13. The number of hydrogen-bond acceptors (Lipinski definition) is 2. The molecule has 1 heterocycles. The molecule has 0 atom stereocenters. The van der Waals surface area contributed by atoms with E-state index in [1.807, 2.05) is 31.2 Å². The third-order valence-electron chi connectivity index (χ3n) is 4.91. The van der Waals surface area contributed by atoms with Crippen LogP contribution in [-0.2, 0) is 21.4 Å². The van der Waals surface area contributed by atoms with E-state index in [0.717, 1.165) is 31.6 Å². The van der Waals surface area contributed by atoms with Crippen LogP contribution in [0.1, 0.15) is 29.5 Å². The third-order valence-corrected chi connectivity index (χ3v) is 4.91. The van der Waals surface area contributed by atoms with Crippen molar-refractivity contribution >= 4 is 5.91 Å². The molecule has 0 aromatic heterocycles. The first-order valence-corrected chi connectivity index (χ1v) is 8.63. The van der Waals surface area contributed by atoms with Gasteiger partial charge in [-0.25, -0.2) is 0 Å². The summed E-state index contributed by atoms with van der Waals surface area (Å²) in [5.74, 6) is 0.0856. The molecule has 0 saturated carbocycles. The SMILES string of the molecule is Cc1cccc(CC(=O)NCC2(c3ccccc3)CCOCC2)c1. The molecule has 1 aliphatic rings. The van der Waals surface area contributed by atoms with Gasteiger partial charge in [0.25, 0.3) is 0 Å². The van der Waals surface area contributed by atoms with Gasteiger partial charge in [0.15, 0.2) is 0 Å². The number of carbonyl (C=O) groups is 1. The van der Waals surface area contributed by atoms with Crippen molar-refractivity contribution in [2.24, 2.45) is 0 Å². The number of carbonyl (C=O) groups excluding carboxylic acids is 1. The van der Waals surface area contributed by atoms with Crippen molar-refractivity contribution in [3.63, 3.8) is 0 Å². The van der Waals surface area contributed by atoms with Crippen LogP contribution in [0.3, 0.4) is 0 Å². The van der Waals surface area contributed by atoms with E-state index in [0.29, 0.717) is 13.0 Å². The molecule has 3 heteroatoms. The second-order valence-corrected chi connectivity index (χ2v) is 6.70. The molecule has 3 nitrogen and oxygen atoms in total. The molecule has 1 N–H and O–H groups in total. The van der Waals surface area contributed by atoms with Crippen molar-refractivity contribution < 1.29 is 9.53 Å². The molecule has 24 heavy (non-hydrogen) atoms. The number of amides is 1. The van der Waals surface area contributed by atoms with Gasteiger partial charge in [-0.1, -0.05) is 60.2 Å². The van der Waals surface area contributed by atoms with Crippen LogP contribution in [0.15, 0.2) is 54.6 Å². The minimum atomic E-state index is -0.0121. The number of nitrogens with one attached hydrogen (secondary N) is 1. The molecule has 0 radical (unpaired) electrons. The number of benzene rings is 2. The molecule has 2 aromatic carbocycles. The second-order valence-electron chi connectivity index (χ2n) is 6.70. The van der Waals surface area contributed by atoms with Crippen molar-refractivity contribution in [3.05, 3.63) is 71.3 Å². The zero-order valence-corrected chi connectivity index (χ0v) is 14.3. The Labute approximate surface area is 144 Å². The van der Waals surface area contributed by atoms with Gasteiger partial charge in [-0.3, -0.25) is 4.79 Å². The van der Waals surface area contributed by atoms with Crippen LogP contribution in [0.5, 0.6) is 0 Å². The van der Waals surface area contributed by atoms with E-state index in [4.69, 9.17) is 4.74 Å². The highest BCUT2D eigenvalue weighted by Crippen LogP contribution is 2.34. The molecule has 0 spiro atoms. The van der Waals surface area contributed by atoms with E-state index in [-0.39, 0.29) is 11.3 Å². The second kappa shape index (κ2) is 7.63. The van der Waals surface area contributed by atoms with Gasteiger partial charge >= 0.3 is 0 Å². The number of ether oxygens (including phenoxy) is 1. The summed E-state index contributed by atoms with van der Waals surface area (Å²) in [6.45, 7) is 4.23. The Morgan fingerprint density at radius 3 is 2.54 bits per heavy atom. The average Bonchev–Trinajstić information content (AvgIpc) is 2.62. The smallest absolute Gasteiger partial charge is 0.224 e. The molecule has 0 unspecified atom stereocenters. The average molecular weight is 323 g/mol. The zero-order chi connectivity index (χ0) is 16.8. The summed E-state index contributed by atoms with van der Waals surface area (Å²) in [4.78, 5) is 12.4. The minimum Gasteiger partial charge on any atom is -0.381 e. The fourth-order valence-corrected chi connectivity index (χ4v) is 3.46. The Bertz CT molecular complexity index is 675. The van der Waals surface area contributed by atoms with Crippen molar-refractivity contribution in [3.8, 4) is 0 Å². The van der Waals surface area contributed by atoms with Gasteiger partial charge in [0.05, 0.1) is 6.42 Å². The summed E-state index contributed by atoms with van der Waals surface area (Å²) in [6, 6.07) is 18.6. The molecule has 2 aromatic rings. The molecule has 3 rings (SSSR count). The fraction of sp³-hybridized carbons (Fsp3) is 0.381. The lowest BCUT2D eigenvalue weighted by molar-refractivity contribution is -0.120. The van der Waals surface area contributed by atoms with Gasteiger partial charge in [0, 0.05) is 25.2 Å². The Kier molecular flexibility index (Phi) is 5.31. The normalized spacial score (nSPS) is 16.5. The maximum absolute atomic E-state index is 12.4. The standard InChI is InChI=1S/C21H25NO2/c1-17-6-5-7-18(14-17)15-20(23)22-16-21(10-12-24-13-11-21)19-8-3-2-4-9-19/h2-9,14H,10-13,15-16H2,1H3,(H,22,23). The van der Waals surface area contributed by atoms with Crippen LogP contribution in [-0.4, -0.2) is 25.7 Å². The van der Waals surface area contributed by atoms with Crippen molar-refractivity contribution in [2.75, 3.05) is 19.8 Å². The number of rotatable bonds is 5.